The maximum atomic E-state index is 13.2. The van der Waals surface area contributed by atoms with Gasteiger partial charge >= 0.3 is 11.9 Å². The molecule has 2 heterocycles. The predicted molar refractivity (Wildman–Crippen MR) is 134 cm³/mol. The van der Waals surface area contributed by atoms with Crippen LogP contribution in [0, 0.1) is 5.82 Å². The fraction of sp³-hybridized carbons (Fsp3) is 0.125. The Bertz CT molecular complexity index is 1680. The molecule has 41 heavy (non-hydrogen) atoms. The van der Waals surface area contributed by atoms with Crippen molar-refractivity contribution in [3.05, 3.63) is 83.3 Å². The average molecular weight is 601 g/mol. The summed E-state index contributed by atoms with van der Waals surface area (Å²) in [6, 6.07) is 11.5. The highest BCUT2D eigenvalue weighted by molar-refractivity contribution is 7.93. The number of anilines is 3. The summed E-state index contributed by atoms with van der Waals surface area (Å²) in [6.45, 7) is -0.246. The van der Waals surface area contributed by atoms with Crippen LogP contribution in [0.2, 0.25) is 0 Å². The number of hydrogen-bond donors (Lipinski definition) is 4. The van der Waals surface area contributed by atoms with Crippen molar-refractivity contribution in [1.29, 1.82) is 0 Å². The van der Waals surface area contributed by atoms with Crippen LogP contribution in [0.3, 0.4) is 0 Å². The van der Waals surface area contributed by atoms with E-state index >= 15 is 0 Å². The number of nitrogens with one attached hydrogen (secondary N) is 3. The molecule has 0 fully saturated rings. The number of H-pyrrole nitrogens is 1. The summed E-state index contributed by atoms with van der Waals surface area (Å²) in [4.78, 5) is 15.8. The van der Waals surface area contributed by atoms with E-state index in [1.54, 1.807) is 4.72 Å². The molecule has 0 atom stereocenters. The molecule has 1 amide bonds. The Hall–Kier alpha value is -4.80. The largest absolute Gasteiger partial charge is 0.487 e. The summed E-state index contributed by atoms with van der Waals surface area (Å²) in [5, 5.41) is 8.93. The van der Waals surface area contributed by atoms with Crippen LogP contribution in [-0.4, -0.2) is 35.3 Å². The zero-order chi connectivity index (χ0) is 29.9. The number of nitrogens with two attached hydrogens (primary N) is 1. The topological polar surface area (TPSA) is 152 Å². The van der Waals surface area contributed by atoms with Crippen LogP contribution in [0.5, 0.6) is 5.75 Å². The smallest absolute Gasteiger partial charge is 0.433 e. The third-order valence-corrected chi connectivity index (χ3v) is 6.33. The molecule has 0 spiro atoms. The van der Waals surface area contributed by atoms with E-state index in [1.807, 2.05) is 0 Å². The molecular weight excluding hydrogens is 582 g/mol. The molecule has 0 bridgehead atoms. The van der Waals surface area contributed by atoms with Gasteiger partial charge in [0.15, 0.2) is 0 Å². The van der Waals surface area contributed by atoms with E-state index in [-0.39, 0.29) is 46.5 Å². The third kappa shape index (κ3) is 6.86. The van der Waals surface area contributed by atoms with E-state index in [9.17, 15) is 39.6 Å². The number of carbonyl (C=O) groups is 1. The molecule has 10 nitrogen and oxygen atoms in total. The number of halogens is 6. The molecule has 4 aromatic rings. The Kier molecular flexibility index (Phi) is 8.09. The number of hydrogen-bond acceptors (Lipinski definition) is 7. The van der Waals surface area contributed by atoms with E-state index < -0.39 is 39.4 Å². The number of primary amides is 1. The van der Waals surface area contributed by atoms with Gasteiger partial charge < -0.3 is 15.8 Å². The number of ether oxygens (including phenoxy) is 1. The summed E-state index contributed by atoms with van der Waals surface area (Å²) in [5.41, 5.74) is 3.99. The minimum atomic E-state index is -5.11. The van der Waals surface area contributed by atoms with Crippen molar-refractivity contribution in [1.82, 2.24) is 15.2 Å². The SMILES string of the molecule is NC(=O)c1c(-c2ccc(NS(=O)(=O)C(F)F)c(OCc3ccc(F)cc3)c2)n[nH]c1Nc1cccc(C(F)(F)F)n1. The lowest BCUT2D eigenvalue weighted by Crippen LogP contribution is -2.21. The standard InChI is InChI=1S/C24H18F6N6O4S/c25-14-7-4-12(5-8-14)11-40-16-10-13(6-9-15(16)36-41(38,39)23(26)27)20-19(21(31)37)22(35-34-20)33-18-3-1-2-17(32-18)24(28,29)30/h1-10,23,36H,11H2,(H2,31,37)(H2,32,33,34,35). The van der Waals surface area contributed by atoms with Gasteiger partial charge in [0.1, 0.15) is 46.8 Å². The van der Waals surface area contributed by atoms with Crippen molar-refractivity contribution < 1.29 is 44.3 Å². The Morgan fingerprint density at radius 1 is 1.07 bits per heavy atom. The number of pyridine rings is 1. The zero-order valence-corrected chi connectivity index (χ0v) is 21.2. The number of sulfonamides is 1. The lowest BCUT2D eigenvalue weighted by atomic mass is 10.1. The average Bonchev–Trinajstić information content (AvgIpc) is 3.32. The van der Waals surface area contributed by atoms with Gasteiger partial charge in [-0.2, -0.15) is 27.1 Å². The fourth-order valence-electron chi connectivity index (χ4n) is 3.48. The molecule has 4 rings (SSSR count). The van der Waals surface area contributed by atoms with Crippen LogP contribution in [0.15, 0.2) is 60.7 Å². The molecule has 216 valence electrons. The number of benzene rings is 2. The molecule has 0 saturated heterocycles. The van der Waals surface area contributed by atoms with Crippen molar-refractivity contribution in [2.24, 2.45) is 5.73 Å². The number of rotatable bonds is 10. The van der Waals surface area contributed by atoms with Crippen molar-refractivity contribution in [2.75, 3.05) is 10.0 Å². The number of amides is 1. The first-order chi connectivity index (χ1) is 19.2. The first kappa shape index (κ1) is 29.2. The molecule has 5 N–H and O–H groups in total. The van der Waals surface area contributed by atoms with Crippen LogP contribution < -0.4 is 20.5 Å². The van der Waals surface area contributed by atoms with Crippen molar-refractivity contribution in [2.45, 2.75) is 18.5 Å². The number of aromatic nitrogens is 3. The van der Waals surface area contributed by atoms with E-state index in [2.05, 4.69) is 20.5 Å². The maximum absolute atomic E-state index is 13.2. The molecule has 2 aromatic heterocycles. The van der Waals surface area contributed by atoms with Gasteiger partial charge in [-0.15, -0.1) is 0 Å². The fourth-order valence-corrected chi connectivity index (χ4v) is 4.05. The van der Waals surface area contributed by atoms with Gasteiger partial charge in [-0.3, -0.25) is 14.6 Å². The van der Waals surface area contributed by atoms with Crippen LogP contribution in [-0.2, 0) is 22.8 Å². The normalized spacial score (nSPS) is 11.9. The summed E-state index contributed by atoms with van der Waals surface area (Å²) in [6.07, 6.45) is -4.73. The number of alkyl halides is 5. The van der Waals surface area contributed by atoms with E-state index in [0.717, 1.165) is 30.3 Å². The Morgan fingerprint density at radius 3 is 2.41 bits per heavy atom. The molecule has 0 aliphatic rings. The zero-order valence-electron chi connectivity index (χ0n) is 20.3. The predicted octanol–water partition coefficient (Wildman–Crippen LogP) is 5.02. The van der Waals surface area contributed by atoms with E-state index in [0.29, 0.717) is 5.56 Å². The highest BCUT2D eigenvalue weighted by Crippen LogP contribution is 2.36. The minimum absolute atomic E-state index is 0.0780. The van der Waals surface area contributed by atoms with Gasteiger partial charge in [0, 0.05) is 5.56 Å². The second-order valence-corrected chi connectivity index (χ2v) is 9.90. The van der Waals surface area contributed by atoms with Gasteiger partial charge in [-0.25, -0.2) is 17.8 Å². The second kappa shape index (κ2) is 11.4. The summed E-state index contributed by atoms with van der Waals surface area (Å²) >= 11 is 0. The molecule has 2 aromatic carbocycles. The molecule has 0 radical (unpaired) electrons. The van der Waals surface area contributed by atoms with Gasteiger partial charge in [0.05, 0.1) is 5.69 Å². The van der Waals surface area contributed by atoms with Crippen LogP contribution in [0.4, 0.5) is 43.7 Å². The number of aromatic amines is 1. The molecule has 0 aliphatic heterocycles. The Morgan fingerprint density at radius 2 is 1.78 bits per heavy atom. The monoisotopic (exact) mass is 600 g/mol. The summed E-state index contributed by atoms with van der Waals surface area (Å²) < 4.78 is 109. The van der Waals surface area contributed by atoms with Gasteiger partial charge in [-0.1, -0.05) is 24.3 Å². The van der Waals surface area contributed by atoms with Crippen molar-refractivity contribution in [3.8, 4) is 17.0 Å². The highest BCUT2D eigenvalue weighted by Gasteiger charge is 2.33. The number of carbonyl (C=O) groups excluding carboxylic acids is 1. The Balaban J connectivity index is 1.72. The van der Waals surface area contributed by atoms with Gasteiger partial charge in [0.2, 0.25) is 0 Å². The first-order valence-corrected chi connectivity index (χ1v) is 12.8. The molecule has 0 saturated carbocycles. The van der Waals surface area contributed by atoms with Crippen molar-refractivity contribution in [3.63, 3.8) is 0 Å². The quantitative estimate of drug-likeness (QED) is 0.187. The molecule has 0 aliphatic carbocycles. The lowest BCUT2D eigenvalue weighted by molar-refractivity contribution is -0.141. The summed E-state index contributed by atoms with van der Waals surface area (Å²) in [7, 11) is -5.11. The first-order valence-electron chi connectivity index (χ1n) is 11.3. The van der Waals surface area contributed by atoms with Gasteiger partial charge in [-0.05, 0) is 42.0 Å². The van der Waals surface area contributed by atoms with E-state index in [4.69, 9.17) is 10.5 Å². The minimum Gasteiger partial charge on any atom is -0.487 e. The Labute approximate surface area is 227 Å². The highest BCUT2D eigenvalue weighted by atomic mass is 32.2. The summed E-state index contributed by atoms with van der Waals surface area (Å²) in [5.74, 6) is -6.13. The second-order valence-electron chi connectivity index (χ2n) is 8.25. The lowest BCUT2D eigenvalue weighted by Gasteiger charge is -2.15. The molecule has 0 unspecified atom stereocenters. The number of nitrogens with zero attached hydrogens (tertiary/aromatic N) is 2. The molecular formula is C24H18F6N6O4S. The third-order valence-electron chi connectivity index (χ3n) is 5.35. The van der Waals surface area contributed by atoms with E-state index in [1.165, 1.54) is 30.3 Å². The maximum Gasteiger partial charge on any atom is 0.433 e. The van der Waals surface area contributed by atoms with Gasteiger partial charge in [0.25, 0.3) is 15.9 Å². The van der Waals surface area contributed by atoms with Crippen LogP contribution in [0.1, 0.15) is 21.6 Å². The molecule has 17 heteroatoms. The van der Waals surface area contributed by atoms with Crippen LogP contribution >= 0.6 is 0 Å². The van der Waals surface area contributed by atoms with Crippen molar-refractivity contribution >= 4 is 33.3 Å². The van der Waals surface area contributed by atoms with Crippen LogP contribution in [0.25, 0.3) is 11.3 Å².